The van der Waals surface area contributed by atoms with Crippen molar-refractivity contribution in [3.63, 3.8) is 0 Å². The Morgan fingerprint density at radius 2 is 1.94 bits per heavy atom. The molecule has 2 aromatic carbocycles. The summed E-state index contributed by atoms with van der Waals surface area (Å²) in [5, 5.41) is 7.82. The highest BCUT2D eigenvalue weighted by Crippen LogP contribution is 2.30. The lowest BCUT2D eigenvalue weighted by molar-refractivity contribution is 0.394. The Morgan fingerprint density at radius 3 is 2.64 bits per heavy atom. The van der Waals surface area contributed by atoms with Crippen molar-refractivity contribution in [1.82, 2.24) is 15.6 Å². The van der Waals surface area contributed by atoms with Crippen molar-refractivity contribution >= 4 is 46.5 Å². The van der Waals surface area contributed by atoms with Crippen LogP contribution in [0.3, 0.4) is 0 Å². The largest absolute Gasteiger partial charge is 0.497 e. The van der Waals surface area contributed by atoms with Crippen LogP contribution in [0.2, 0.25) is 0 Å². The Hall–Kier alpha value is -2.69. The molecule has 3 aromatic rings. The van der Waals surface area contributed by atoms with Crippen molar-refractivity contribution in [2.24, 2.45) is 4.99 Å². The predicted octanol–water partition coefficient (Wildman–Crippen LogP) is 3.93. The van der Waals surface area contributed by atoms with Crippen LogP contribution in [0, 0.1) is 5.82 Å². The Morgan fingerprint density at radius 1 is 1.18 bits per heavy atom. The smallest absolute Gasteiger partial charge is 0.191 e. The van der Waals surface area contributed by atoms with Crippen LogP contribution >= 0.6 is 24.0 Å². The van der Waals surface area contributed by atoms with E-state index in [0.29, 0.717) is 6.54 Å². The van der Waals surface area contributed by atoms with Gasteiger partial charge in [-0.1, -0.05) is 0 Å². The van der Waals surface area contributed by atoms with E-state index in [1.807, 2.05) is 24.4 Å². The van der Waals surface area contributed by atoms with Crippen LogP contribution in [-0.4, -0.2) is 57.9 Å². The van der Waals surface area contributed by atoms with E-state index in [4.69, 9.17) is 9.47 Å². The number of aliphatic imine (C=N–C) groups is 1. The molecule has 1 atom stereocenters. The van der Waals surface area contributed by atoms with Crippen molar-refractivity contribution in [2.75, 3.05) is 45.8 Å². The molecule has 0 aliphatic carbocycles. The van der Waals surface area contributed by atoms with Gasteiger partial charge in [-0.2, -0.15) is 0 Å². The predicted molar refractivity (Wildman–Crippen MR) is 142 cm³/mol. The molecule has 178 valence electrons. The number of fused-ring (bicyclic) bond motifs is 1. The number of H-pyrrole nitrogens is 1. The average molecular weight is 567 g/mol. The van der Waals surface area contributed by atoms with Gasteiger partial charge in [0, 0.05) is 73.7 Å². The number of hydrogen-bond acceptors (Lipinski definition) is 4. The molecule has 1 aliphatic rings. The number of ether oxygens (including phenoxy) is 2. The number of nitrogens with zero attached hydrogens (tertiary/aromatic N) is 2. The maximum absolute atomic E-state index is 13.6. The number of rotatable bonds is 7. The van der Waals surface area contributed by atoms with Crippen molar-refractivity contribution in [3.8, 4) is 11.5 Å². The highest BCUT2D eigenvalue weighted by Gasteiger charge is 2.24. The Bertz CT molecular complexity index is 1080. The molecule has 3 N–H and O–H groups in total. The Balaban J connectivity index is 0.00000306. The third-order valence-electron chi connectivity index (χ3n) is 5.87. The van der Waals surface area contributed by atoms with Gasteiger partial charge in [-0.15, -0.1) is 24.0 Å². The first-order chi connectivity index (χ1) is 15.6. The van der Waals surface area contributed by atoms with Crippen LogP contribution in [0.25, 0.3) is 10.9 Å². The summed E-state index contributed by atoms with van der Waals surface area (Å²) in [6.45, 7) is 2.50. The van der Waals surface area contributed by atoms with Gasteiger partial charge >= 0.3 is 0 Å². The van der Waals surface area contributed by atoms with Crippen LogP contribution in [-0.2, 0) is 6.42 Å². The van der Waals surface area contributed by atoms with E-state index in [0.717, 1.165) is 65.5 Å². The number of nitrogens with one attached hydrogen (secondary N) is 3. The average Bonchev–Trinajstić information content (AvgIpc) is 3.45. The second-order valence-corrected chi connectivity index (χ2v) is 7.90. The first-order valence-corrected chi connectivity index (χ1v) is 10.8. The number of aromatic amines is 1. The summed E-state index contributed by atoms with van der Waals surface area (Å²) in [5.41, 5.74) is 3.12. The van der Waals surface area contributed by atoms with E-state index in [1.54, 1.807) is 33.4 Å². The molecular formula is C24H31FIN5O2. The maximum Gasteiger partial charge on any atom is 0.191 e. The van der Waals surface area contributed by atoms with Gasteiger partial charge in [0.2, 0.25) is 0 Å². The van der Waals surface area contributed by atoms with Gasteiger partial charge in [-0.25, -0.2) is 4.39 Å². The van der Waals surface area contributed by atoms with Gasteiger partial charge in [0.25, 0.3) is 0 Å². The highest BCUT2D eigenvalue weighted by molar-refractivity contribution is 14.0. The topological polar surface area (TPSA) is 73.9 Å². The van der Waals surface area contributed by atoms with Crippen LogP contribution in [0.1, 0.15) is 12.0 Å². The molecule has 0 saturated carbocycles. The zero-order valence-electron chi connectivity index (χ0n) is 19.2. The van der Waals surface area contributed by atoms with Crippen molar-refractivity contribution < 1.29 is 13.9 Å². The van der Waals surface area contributed by atoms with E-state index < -0.39 is 0 Å². The van der Waals surface area contributed by atoms with E-state index in [2.05, 4.69) is 25.5 Å². The number of aromatic nitrogens is 1. The molecule has 0 spiro atoms. The fraction of sp³-hybridized carbons (Fsp3) is 0.375. The standard InChI is InChI=1S/C24H30FN5O2.HI/c1-26-24(27-8-6-16-14-28-23-5-4-17(25)10-22(16)23)29-18-7-9-30(15-18)19-11-20(31-2)13-21(12-19)32-3;/h4-5,10-14,18,28H,6-9,15H2,1-3H3,(H2,26,27,29);1H. The quantitative estimate of drug-likeness (QED) is 0.229. The van der Waals surface area contributed by atoms with E-state index in [-0.39, 0.29) is 35.8 Å². The third-order valence-corrected chi connectivity index (χ3v) is 5.87. The number of hydrogen-bond donors (Lipinski definition) is 3. The molecule has 1 unspecified atom stereocenters. The molecule has 2 heterocycles. The normalized spacial score (nSPS) is 15.9. The molecule has 1 aliphatic heterocycles. The van der Waals surface area contributed by atoms with Crippen molar-refractivity contribution in [2.45, 2.75) is 18.9 Å². The molecule has 4 rings (SSSR count). The van der Waals surface area contributed by atoms with Crippen LogP contribution in [0.5, 0.6) is 11.5 Å². The number of anilines is 1. The maximum atomic E-state index is 13.6. The number of guanidine groups is 1. The lowest BCUT2D eigenvalue weighted by Gasteiger charge is -2.21. The molecule has 0 amide bonds. The van der Waals surface area contributed by atoms with E-state index >= 15 is 0 Å². The minimum Gasteiger partial charge on any atom is -0.497 e. The van der Waals surface area contributed by atoms with E-state index in [1.165, 1.54) is 6.07 Å². The molecule has 33 heavy (non-hydrogen) atoms. The van der Waals surface area contributed by atoms with Gasteiger partial charge in [0.1, 0.15) is 17.3 Å². The summed E-state index contributed by atoms with van der Waals surface area (Å²) in [7, 11) is 5.10. The summed E-state index contributed by atoms with van der Waals surface area (Å²) >= 11 is 0. The van der Waals surface area contributed by atoms with Crippen molar-refractivity contribution in [3.05, 3.63) is 54.0 Å². The third kappa shape index (κ3) is 6.01. The SMILES string of the molecule is CN=C(NCCc1c[nH]c2ccc(F)cc12)NC1CCN(c2cc(OC)cc(OC)c2)C1.I. The lowest BCUT2D eigenvalue weighted by atomic mass is 10.1. The van der Waals surface area contributed by atoms with Gasteiger partial charge in [-0.3, -0.25) is 4.99 Å². The molecule has 1 saturated heterocycles. The minimum atomic E-state index is -0.219. The Kier molecular flexibility index (Phi) is 8.65. The molecule has 0 bridgehead atoms. The van der Waals surface area contributed by atoms with Crippen LogP contribution in [0.4, 0.5) is 10.1 Å². The monoisotopic (exact) mass is 567 g/mol. The molecule has 1 aromatic heterocycles. The second kappa shape index (κ2) is 11.4. The summed E-state index contributed by atoms with van der Waals surface area (Å²) in [5.74, 6) is 2.12. The molecule has 1 fully saturated rings. The fourth-order valence-corrected chi connectivity index (χ4v) is 4.15. The van der Waals surface area contributed by atoms with Gasteiger partial charge in [0.15, 0.2) is 5.96 Å². The first kappa shape index (κ1) is 24.9. The van der Waals surface area contributed by atoms with E-state index in [9.17, 15) is 4.39 Å². The van der Waals surface area contributed by atoms with Crippen LogP contribution in [0.15, 0.2) is 47.6 Å². The minimum absolute atomic E-state index is 0. The summed E-state index contributed by atoms with van der Waals surface area (Å²) in [6.07, 6.45) is 3.71. The summed E-state index contributed by atoms with van der Waals surface area (Å²) in [6, 6.07) is 11.0. The molecule has 0 radical (unpaired) electrons. The van der Waals surface area contributed by atoms with Gasteiger partial charge in [0.05, 0.1) is 14.2 Å². The lowest BCUT2D eigenvalue weighted by Crippen LogP contribution is -2.45. The molecule has 9 heteroatoms. The van der Waals surface area contributed by atoms with Crippen LogP contribution < -0.4 is 25.0 Å². The number of benzene rings is 2. The number of methoxy groups -OCH3 is 2. The van der Waals surface area contributed by atoms with Gasteiger partial charge < -0.3 is 30.0 Å². The van der Waals surface area contributed by atoms with Gasteiger partial charge in [-0.05, 0) is 36.6 Å². The summed E-state index contributed by atoms with van der Waals surface area (Å²) < 4.78 is 24.4. The van der Waals surface area contributed by atoms with Crippen molar-refractivity contribution in [1.29, 1.82) is 0 Å². The first-order valence-electron chi connectivity index (χ1n) is 10.8. The Labute approximate surface area is 210 Å². The zero-order chi connectivity index (χ0) is 22.5. The second-order valence-electron chi connectivity index (χ2n) is 7.90. The fourth-order valence-electron chi connectivity index (χ4n) is 4.15. The molecule has 7 nitrogen and oxygen atoms in total. The molecular weight excluding hydrogens is 536 g/mol. The zero-order valence-corrected chi connectivity index (χ0v) is 21.5. The summed E-state index contributed by atoms with van der Waals surface area (Å²) in [4.78, 5) is 9.88. The highest BCUT2D eigenvalue weighted by atomic mass is 127. The number of halogens is 2.